The van der Waals surface area contributed by atoms with Gasteiger partial charge in [0.25, 0.3) is 0 Å². The average Bonchev–Trinajstić information content (AvgIpc) is 3.30. The summed E-state index contributed by atoms with van der Waals surface area (Å²) in [5, 5.41) is 6.71. The van der Waals surface area contributed by atoms with E-state index in [2.05, 4.69) is 15.6 Å². The van der Waals surface area contributed by atoms with E-state index in [-0.39, 0.29) is 12.3 Å². The van der Waals surface area contributed by atoms with Gasteiger partial charge in [0.1, 0.15) is 17.7 Å². The molecule has 0 radical (unpaired) electrons. The number of aromatic amines is 1. The van der Waals surface area contributed by atoms with Crippen molar-refractivity contribution in [3.63, 3.8) is 0 Å². The first-order valence-corrected chi connectivity index (χ1v) is 13.4. The molecule has 3 aromatic rings. The normalized spacial score (nSPS) is 15.5. The molecule has 0 unspecified atom stereocenters. The van der Waals surface area contributed by atoms with E-state index >= 15 is 0 Å². The SMILES string of the molecule is CC(C)(C)OC(=O)N[C@@H](Cc1c[nH]c2ccccc12)C(=O)N[C@@H](Cc1ccccc1)C(=O)N1CCCCC1. The fourth-order valence-corrected chi connectivity index (χ4v) is 4.84. The Labute approximate surface area is 224 Å². The number of hydrogen-bond acceptors (Lipinski definition) is 4. The molecule has 1 aromatic heterocycles. The molecule has 8 nitrogen and oxygen atoms in total. The topological polar surface area (TPSA) is 104 Å². The quantitative estimate of drug-likeness (QED) is 0.413. The zero-order chi connectivity index (χ0) is 27.1. The zero-order valence-corrected chi connectivity index (χ0v) is 22.5. The van der Waals surface area contributed by atoms with Crippen LogP contribution in [0.5, 0.6) is 0 Å². The summed E-state index contributed by atoms with van der Waals surface area (Å²) in [5.41, 5.74) is 2.07. The van der Waals surface area contributed by atoms with Crippen LogP contribution in [-0.2, 0) is 27.2 Å². The van der Waals surface area contributed by atoms with Gasteiger partial charge in [-0.3, -0.25) is 9.59 Å². The van der Waals surface area contributed by atoms with E-state index < -0.39 is 29.7 Å². The van der Waals surface area contributed by atoms with Crippen molar-refractivity contribution in [3.05, 3.63) is 71.9 Å². The van der Waals surface area contributed by atoms with E-state index in [0.29, 0.717) is 19.5 Å². The highest BCUT2D eigenvalue weighted by molar-refractivity contribution is 5.92. The molecule has 0 aliphatic carbocycles. The van der Waals surface area contributed by atoms with Crippen molar-refractivity contribution < 1.29 is 19.1 Å². The Hall–Kier alpha value is -3.81. The van der Waals surface area contributed by atoms with Gasteiger partial charge in [0.05, 0.1) is 0 Å². The summed E-state index contributed by atoms with van der Waals surface area (Å²) < 4.78 is 5.46. The highest BCUT2D eigenvalue weighted by atomic mass is 16.6. The van der Waals surface area contributed by atoms with Gasteiger partial charge in [-0.15, -0.1) is 0 Å². The van der Waals surface area contributed by atoms with Crippen LogP contribution in [0.2, 0.25) is 0 Å². The molecule has 8 heteroatoms. The van der Waals surface area contributed by atoms with E-state index in [1.807, 2.05) is 65.7 Å². The number of benzene rings is 2. The maximum absolute atomic E-state index is 13.7. The lowest BCUT2D eigenvalue weighted by atomic mass is 10.0. The van der Waals surface area contributed by atoms with Gasteiger partial charge in [0, 0.05) is 43.0 Å². The number of nitrogens with one attached hydrogen (secondary N) is 3. The summed E-state index contributed by atoms with van der Waals surface area (Å²) in [6.07, 6.45) is 4.80. The second kappa shape index (κ2) is 12.2. The zero-order valence-electron chi connectivity index (χ0n) is 22.5. The van der Waals surface area contributed by atoms with E-state index in [1.165, 1.54) is 0 Å². The van der Waals surface area contributed by atoms with Gasteiger partial charge in [-0.1, -0.05) is 48.5 Å². The molecular formula is C30H38N4O4. The first-order chi connectivity index (χ1) is 18.2. The summed E-state index contributed by atoms with van der Waals surface area (Å²) in [7, 11) is 0. The maximum atomic E-state index is 13.7. The van der Waals surface area contributed by atoms with Gasteiger partial charge in [0.15, 0.2) is 0 Å². The summed E-state index contributed by atoms with van der Waals surface area (Å²) in [6.45, 7) is 6.70. The smallest absolute Gasteiger partial charge is 0.408 e. The molecule has 0 bridgehead atoms. The number of carbonyl (C=O) groups excluding carboxylic acids is 3. The predicted molar refractivity (Wildman–Crippen MR) is 148 cm³/mol. The molecule has 3 N–H and O–H groups in total. The number of para-hydroxylation sites is 1. The Kier molecular flexibility index (Phi) is 8.71. The number of amides is 3. The first kappa shape index (κ1) is 27.2. The van der Waals surface area contributed by atoms with Crippen LogP contribution in [0.1, 0.15) is 51.2 Å². The molecule has 2 heterocycles. The number of rotatable bonds is 8. The Morgan fingerprint density at radius 3 is 2.29 bits per heavy atom. The molecule has 202 valence electrons. The third-order valence-corrected chi connectivity index (χ3v) is 6.67. The number of alkyl carbamates (subject to hydrolysis) is 1. The molecule has 38 heavy (non-hydrogen) atoms. The maximum Gasteiger partial charge on any atom is 0.408 e. The van der Waals surface area contributed by atoms with Crippen LogP contribution in [0.3, 0.4) is 0 Å². The highest BCUT2D eigenvalue weighted by Crippen LogP contribution is 2.20. The van der Waals surface area contributed by atoms with Gasteiger partial charge >= 0.3 is 6.09 Å². The van der Waals surface area contributed by atoms with E-state index in [1.54, 1.807) is 20.8 Å². The van der Waals surface area contributed by atoms with Gasteiger partial charge in [-0.25, -0.2) is 4.79 Å². The van der Waals surface area contributed by atoms with Crippen LogP contribution in [0.15, 0.2) is 60.8 Å². The average molecular weight is 519 g/mol. The van der Waals surface area contributed by atoms with Gasteiger partial charge in [-0.2, -0.15) is 0 Å². The van der Waals surface area contributed by atoms with Crippen molar-refractivity contribution in [1.82, 2.24) is 20.5 Å². The molecule has 2 atom stereocenters. The third kappa shape index (κ3) is 7.37. The number of fused-ring (bicyclic) bond motifs is 1. The van der Waals surface area contributed by atoms with Gasteiger partial charge in [0.2, 0.25) is 11.8 Å². The van der Waals surface area contributed by atoms with E-state index in [4.69, 9.17) is 4.74 Å². The van der Waals surface area contributed by atoms with Crippen molar-refractivity contribution in [2.24, 2.45) is 0 Å². The molecule has 1 aliphatic heterocycles. The van der Waals surface area contributed by atoms with Crippen molar-refractivity contribution >= 4 is 28.8 Å². The largest absolute Gasteiger partial charge is 0.444 e. The molecule has 1 saturated heterocycles. The number of hydrogen-bond donors (Lipinski definition) is 3. The molecule has 3 amide bonds. The van der Waals surface area contributed by atoms with Crippen LogP contribution in [0.4, 0.5) is 4.79 Å². The van der Waals surface area contributed by atoms with Crippen molar-refractivity contribution in [2.45, 2.75) is 70.6 Å². The van der Waals surface area contributed by atoms with Crippen LogP contribution in [-0.4, -0.2) is 58.6 Å². The number of likely N-dealkylation sites (tertiary alicyclic amines) is 1. The minimum atomic E-state index is -0.934. The number of carbonyl (C=O) groups is 3. The Balaban J connectivity index is 1.57. The molecule has 0 saturated carbocycles. The molecule has 0 spiro atoms. The van der Waals surface area contributed by atoms with Crippen molar-refractivity contribution in [2.75, 3.05) is 13.1 Å². The second-order valence-corrected chi connectivity index (χ2v) is 10.9. The Morgan fingerprint density at radius 1 is 0.895 bits per heavy atom. The number of nitrogens with zero attached hydrogens (tertiary/aromatic N) is 1. The van der Waals surface area contributed by atoms with Gasteiger partial charge < -0.3 is 25.3 Å². The molecule has 2 aromatic carbocycles. The molecule has 1 aliphatic rings. The lowest BCUT2D eigenvalue weighted by Crippen LogP contribution is -2.56. The predicted octanol–water partition coefficient (Wildman–Crippen LogP) is 4.34. The molecule has 4 rings (SSSR count). The summed E-state index contributed by atoms with van der Waals surface area (Å²) in [6, 6.07) is 15.8. The van der Waals surface area contributed by atoms with Crippen molar-refractivity contribution in [1.29, 1.82) is 0 Å². The highest BCUT2D eigenvalue weighted by Gasteiger charge is 2.31. The van der Waals surface area contributed by atoms with Crippen LogP contribution in [0.25, 0.3) is 10.9 Å². The minimum Gasteiger partial charge on any atom is -0.444 e. The molecule has 1 fully saturated rings. The number of H-pyrrole nitrogens is 1. The van der Waals surface area contributed by atoms with Crippen LogP contribution < -0.4 is 10.6 Å². The lowest BCUT2D eigenvalue weighted by molar-refractivity contribution is -0.137. The summed E-state index contributed by atoms with van der Waals surface area (Å²) in [5.74, 6) is -0.516. The summed E-state index contributed by atoms with van der Waals surface area (Å²) in [4.78, 5) is 45.1. The van der Waals surface area contributed by atoms with Crippen LogP contribution >= 0.6 is 0 Å². The van der Waals surface area contributed by atoms with Gasteiger partial charge in [-0.05, 0) is 57.2 Å². The fourth-order valence-electron chi connectivity index (χ4n) is 4.84. The number of aromatic nitrogens is 1. The fraction of sp³-hybridized carbons (Fsp3) is 0.433. The number of ether oxygens (including phenoxy) is 1. The Morgan fingerprint density at radius 2 is 1.58 bits per heavy atom. The van der Waals surface area contributed by atoms with E-state index in [0.717, 1.165) is 41.3 Å². The molecular weight excluding hydrogens is 480 g/mol. The minimum absolute atomic E-state index is 0.0926. The summed E-state index contributed by atoms with van der Waals surface area (Å²) >= 11 is 0. The van der Waals surface area contributed by atoms with Crippen LogP contribution in [0, 0.1) is 0 Å². The first-order valence-electron chi connectivity index (χ1n) is 13.4. The monoisotopic (exact) mass is 518 g/mol. The second-order valence-electron chi connectivity index (χ2n) is 10.9. The Bertz CT molecular complexity index is 1240. The standard InChI is InChI=1S/C30H38N4O4/c1-30(2,3)38-29(37)33-25(19-22-20-31-24-15-9-8-14-23(22)24)27(35)32-26(18-21-12-6-4-7-13-21)28(36)34-16-10-5-11-17-34/h4,6-9,12-15,20,25-26,31H,5,10-11,16-19H2,1-3H3,(H,32,35)(H,33,37)/t25-,26-/m0/s1. The third-order valence-electron chi connectivity index (χ3n) is 6.67. The van der Waals surface area contributed by atoms with Crippen molar-refractivity contribution in [3.8, 4) is 0 Å². The number of piperidine rings is 1. The van der Waals surface area contributed by atoms with E-state index in [9.17, 15) is 14.4 Å². The lowest BCUT2D eigenvalue weighted by Gasteiger charge is -2.31.